The molecule has 2 aliphatic rings. The maximum Gasteiger partial charge on any atom is 0.253 e. The van der Waals surface area contributed by atoms with E-state index >= 15 is 0 Å². The Bertz CT molecular complexity index is 788. The van der Waals surface area contributed by atoms with Crippen LogP contribution in [0.25, 0.3) is 0 Å². The third-order valence-corrected chi connectivity index (χ3v) is 8.15. The van der Waals surface area contributed by atoms with Crippen molar-refractivity contribution >= 4 is 15.9 Å². The van der Waals surface area contributed by atoms with E-state index in [0.717, 1.165) is 62.7 Å². The zero-order valence-electron chi connectivity index (χ0n) is 16.8. The van der Waals surface area contributed by atoms with E-state index < -0.39 is 10.0 Å². The molecule has 0 spiro atoms. The Morgan fingerprint density at radius 2 is 1.56 bits per heavy atom. The molecule has 0 atom stereocenters. The SMILES string of the molecule is Cc1cc(C(=O)N2CCCCCC2)cc(S(=O)(=O)N2CCC(C)CC2)c1C. The monoisotopic (exact) mass is 392 g/mol. The smallest absolute Gasteiger partial charge is 0.253 e. The van der Waals surface area contributed by atoms with Crippen molar-refractivity contribution in [2.24, 2.45) is 5.92 Å². The van der Waals surface area contributed by atoms with Gasteiger partial charge < -0.3 is 4.90 Å². The molecule has 2 heterocycles. The van der Waals surface area contributed by atoms with Crippen LogP contribution in [-0.2, 0) is 10.0 Å². The van der Waals surface area contributed by atoms with E-state index in [0.29, 0.717) is 29.5 Å². The Morgan fingerprint density at radius 1 is 0.963 bits per heavy atom. The van der Waals surface area contributed by atoms with Crippen molar-refractivity contribution < 1.29 is 13.2 Å². The van der Waals surface area contributed by atoms with Gasteiger partial charge in [-0.1, -0.05) is 19.8 Å². The van der Waals surface area contributed by atoms with Gasteiger partial charge in [-0.3, -0.25) is 4.79 Å². The number of benzene rings is 1. The number of amides is 1. The fourth-order valence-electron chi connectivity index (χ4n) is 4.04. The molecule has 0 unspecified atom stereocenters. The minimum atomic E-state index is -3.57. The number of hydrogen-bond donors (Lipinski definition) is 0. The molecule has 0 aliphatic carbocycles. The molecule has 1 aromatic carbocycles. The highest BCUT2D eigenvalue weighted by molar-refractivity contribution is 7.89. The fraction of sp³-hybridized carbons (Fsp3) is 0.667. The van der Waals surface area contributed by atoms with Gasteiger partial charge >= 0.3 is 0 Å². The first kappa shape index (κ1) is 20.3. The molecule has 1 aromatic rings. The molecule has 2 fully saturated rings. The summed E-state index contributed by atoms with van der Waals surface area (Å²) in [5, 5.41) is 0. The molecule has 6 heteroatoms. The predicted molar refractivity (Wildman–Crippen MR) is 107 cm³/mol. The van der Waals surface area contributed by atoms with Crippen LogP contribution in [0.15, 0.2) is 17.0 Å². The molecule has 0 N–H and O–H groups in total. The second-order valence-corrected chi connectivity index (χ2v) is 10.1. The van der Waals surface area contributed by atoms with E-state index in [-0.39, 0.29) is 5.91 Å². The summed E-state index contributed by atoms with van der Waals surface area (Å²) in [6.45, 7) is 8.55. The van der Waals surface area contributed by atoms with Gasteiger partial charge in [0.05, 0.1) is 4.90 Å². The first-order valence-electron chi connectivity index (χ1n) is 10.2. The molecule has 3 rings (SSSR count). The van der Waals surface area contributed by atoms with Crippen LogP contribution in [0.3, 0.4) is 0 Å². The zero-order chi connectivity index (χ0) is 19.6. The lowest BCUT2D eigenvalue weighted by Crippen LogP contribution is -2.38. The normalized spacial score (nSPS) is 20.5. The predicted octanol–water partition coefficient (Wildman–Crippen LogP) is 3.74. The molecule has 5 nitrogen and oxygen atoms in total. The second kappa shape index (κ2) is 8.31. The van der Waals surface area contributed by atoms with E-state index in [2.05, 4.69) is 6.92 Å². The molecule has 27 heavy (non-hydrogen) atoms. The summed E-state index contributed by atoms with van der Waals surface area (Å²) < 4.78 is 28.1. The average molecular weight is 393 g/mol. The Balaban J connectivity index is 1.93. The Kier molecular flexibility index (Phi) is 6.26. The standard InChI is InChI=1S/C21H32N2O3S/c1-16-8-12-23(13-9-16)27(25,26)20-15-19(14-17(2)18(20)3)21(24)22-10-6-4-5-7-11-22/h14-16H,4-13H2,1-3H3. The van der Waals surface area contributed by atoms with E-state index in [4.69, 9.17) is 0 Å². The molecule has 0 saturated carbocycles. The molecule has 0 radical (unpaired) electrons. The number of rotatable bonds is 3. The molecule has 0 bridgehead atoms. The summed E-state index contributed by atoms with van der Waals surface area (Å²) in [4.78, 5) is 15.2. The Labute approximate surface area is 163 Å². The van der Waals surface area contributed by atoms with Crippen LogP contribution >= 0.6 is 0 Å². The first-order chi connectivity index (χ1) is 12.8. The van der Waals surface area contributed by atoms with Gasteiger partial charge in [0.25, 0.3) is 5.91 Å². The van der Waals surface area contributed by atoms with Crippen molar-refractivity contribution in [2.45, 2.75) is 64.2 Å². The quantitative estimate of drug-likeness (QED) is 0.787. The number of nitrogens with zero attached hydrogens (tertiary/aromatic N) is 2. The van der Waals surface area contributed by atoms with Gasteiger partial charge in [0, 0.05) is 31.7 Å². The van der Waals surface area contributed by atoms with Gasteiger partial charge in [-0.05, 0) is 68.7 Å². The van der Waals surface area contributed by atoms with Gasteiger partial charge in [-0.15, -0.1) is 0 Å². The largest absolute Gasteiger partial charge is 0.339 e. The lowest BCUT2D eigenvalue weighted by Gasteiger charge is -2.30. The van der Waals surface area contributed by atoms with Gasteiger partial charge in [-0.2, -0.15) is 4.31 Å². The van der Waals surface area contributed by atoms with Crippen molar-refractivity contribution in [3.8, 4) is 0 Å². The Morgan fingerprint density at radius 3 is 2.15 bits per heavy atom. The van der Waals surface area contributed by atoms with Gasteiger partial charge in [0.1, 0.15) is 0 Å². The molecule has 0 aromatic heterocycles. The van der Waals surface area contributed by atoms with Crippen LogP contribution in [0.2, 0.25) is 0 Å². The van der Waals surface area contributed by atoms with E-state index in [9.17, 15) is 13.2 Å². The third kappa shape index (κ3) is 4.37. The molecular weight excluding hydrogens is 360 g/mol. The number of hydrogen-bond acceptors (Lipinski definition) is 3. The molecule has 1 amide bonds. The third-order valence-electron chi connectivity index (χ3n) is 6.12. The van der Waals surface area contributed by atoms with Crippen molar-refractivity contribution in [1.82, 2.24) is 9.21 Å². The summed E-state index contributed by atoms with van der Waals surface area (Å²) >= 11 is 0. The minimum absolute atomic E-state index is 0.0382. The van der Waals surface area contributed by atoms with Gasteiger partial charge in [0.15, 0.2) is 0 Å². The molecule has 2 aliphatic heterocycles. The maximum atomic E-state index is 13.3. The van der Waals surface area contributed by atoms with Gasteiger partial charge in [-0.25, -0.2) is 8.42 Å². The van der Waals surface area contributed by atoms with Crippen molar-refractivity contribution in [3.05, 3.63) is 28.8 Å². The van der Waals surface area contributed by atoms with Crippen LogP contribution in [0.5, 0.6) is 0 Å². The number of likely N-dealkylation sites (tertiary alicyclic amines) is 1. The topological polar surface area (TPSA) is 57.7 Å². The van der Waals surface area contributed by atoms with Gasteiger partial charge in [0.2, 0.25) is 10.0 Å². The highest BCUT2D eigenvalue weighted by atomic mass is 32.2. The number of carbonyl (C=O) groups is 1. The highest BCUT2D eigenvalue weighted by Crippen LogP contribution is 2.28. The van der Waals surface area contributed by atoms with Crippen LogP contribution in [-0.4, -0.2) is 49.7 Å². The Hall–Kier alpha value is -1.40. The lowest BCUT2D eigenvalue weighted by atomic mass is 10.0. The maximum absolute atomic E-state index is 13.3. The van der Waals surface area contributed by atoms with E-state index in [1.165, 1.54) is 0 Å². The van der Waals surface area contributed by atoms with Crippen LogP contribution in [0.4, 0.5) is 0 Å². The summed E-state index contributed by atoms with van der Waals surface area (Å²) in [6.07, 6.45) is 6.14. The second-order valence-electron chi connectivity index (χ2n) is 8.21. The summed E-state index contributed by atoms with van der Waals surface area (Å²) in [5.74, 6) is 0.527. The van der Waals surface area contributed by atoms with E-state index in [1.807, 2.05) is 24.8 Å². The van der Waals surface area contributed by atoms with Crippen molar-refractivity contribution in [1.29, 1.82) is 0 Å². The molecule has 2 saturated heterocycles. The molecular formula is C21H32N2O3S. The minimum Gasteiger partial charge on any atom is -0.339 e. The van der Waals surface area contributed by atoms with Crippen LogP contribution in [0, 0.1) is 19.8 Å². The molecule has 150 valence electrons. The fourth-order valence-corrected chi connectivity index (χ4v) is 5.83. The van der Waals surface area contributed by atoms with Crippen LogP contribution in [0.1, 0.15) is 66.9 Å². The zero-order valence-corrected chi connectivity index (χ0v) is 17.6. The highest BCUT2D eigenvalue weighted by Gasteiger charge is 2.31. The number of carbonyl (C=O) groups excluding carboxylic acids is 1. The summed E-state index contributed by atoms with van der Waals surface area (Å²) in [5.41, 5.74) is 2.12. The summed E-state index contributed by atoms with van der Waals surface area (Å²) in [7, 11) is -3.57. The average Bonchev–Trinajstić information content (AvgIpc) is 2.93. The number of aryl methyl sites for hydroxylation is 1. The number of sulfonamides is 1. The van der Waals surface area contributed by atoms with Crippen molar-refractivity contribution in [3.63, 3.8) is 0 Å². The first-order valence-corrected chi connectivity index (χ1v) is 11.7. The summed E-state index contributed by atoms with van der Waals surface area (Å²) in [6, 6.07) is 3.46. The number of piperidine rings is 1. The van der Waals surface area contributed by atoms with Crippen molar-refractivity contribution in [2.75, 3.05) is 26.2 Å². The lowest BCUT2D eigenvalue weighted by molar-refractivity contribution is 0.0761. The van der Waals surface area contributed by atoms with Crippen LogP contribution < -0.4 is 0 Å². The van der Waals surface area contributed by atoms with E-state index in [1.54, 1.807) is 10.4 Å².